The minimum absolute atomic E-state index is 0.414. The van der Waals surface area contributed by atoms with Gasteiger partial charge < -0.3 is 11.1 Å². The molecule has 0 aromatic rings. The molecule has 1 atom stereocenters. The summed E-state index contributed by atoms with van der Waals surface area (Å²) in [5, 5.41) is 3.72. The third kappa shape index (κ3) is 5.39. The van der Waals surface area contributed by atoms with Crippen molar-refractivity contribution in [2.75, 3.05) is 13.1 Å². The Balaban J connectivity index is 2.21. The van der Waals surface area contributed by atoms with Crippen molar-refractivity contribution in [3.63, 3.8) is 0 Å². The molecule has 1 unspecified atom stereocenters. The maximum atomic E-state index is 6.01. The summed E-state index contributed by atoms with van der Waals surface area (Å²) in [5.41, 5.74) is 6.42. The predicted molar refractivity (Wildman–Crippen MR) is 76.2 cm³/mol. The van der Waals surface area contributed by atoms with Crippen LogP contribution in [-0.2, 0) is 0 Å². The van der Waals surface area contributed by atoms with Crippen molar-refractivity contribution in [3.8, 4) is 0 Å². The van der Waals surface area contributed by atoms with Crippen molar-refractivity contribution in [1.82, 2.24) is 5.32 Å². The van der Waals surface area contributed by atoms with Crippen molar-refractivity contribution in [2.24, 2.45) is 11.1 Å². The normalized spacial score (nSPS) is 21.4. The van der Waals surface area contributed by atoms with Gasteiger partial charge >= 0.3 is 0 Å². The lowest BCUT2D eigenvalue weighted by atomic mass is 9.74. The van der Waals surface area contributed by atoms with Gasteiger partial charge in [-0.25, -0.2) is 0 Å². The van der Waals surface area contributed by atoms with Crippen molar-refractivity contribution in [2.45, 2.75) is 77.7 Å². The van der Waals surface area contributed by atoms with E-state index in [1.54, 1.807) is 0 Å². The summed E-state index contributed by atoms with van der Waals surface area (Å²) in [6, 6.07) is 0.659. The highest BCUT2D eigenvalue weighted by atomic mass is 14.9. The second kappa shape index (κ2) is 8.10. The van der Waals surface area contributed by atoms with E-state index in [1.807, 2.05) is 0 Å². The smallest absolute Gasteiger partial charge is 0.00389 e. The van der Waals surface area contributed by atoms with Crippen LogP contribution in [0.1, 0.15) is 71.6 Å². The lowest BCUT2D eigenvalue weighted by Gasteiger charge is -2.37. The first-order valence-electron chi connectivity index (χ1n) is 7.66. The zero-order valence-corrected chi connectivity index (χ0v) is 11.9. The molecule has 2 heteroatoms. The largest absolute Gasteiger partial charge is 0.330 e. The zero-order chi connectivity index (χ0) is 12.6. The summed E-state index contributed by atoms with van der Waals surface area (Å²) in [7, 11) is 0. The molecule has 17 heavy (non-hydrogen) atoms. The highest BCUT2D eigenvalue weighted by Crippen LogP contribution is 2.34. The summed E-state index contributed by atoms with van der Waals surface area (Å²) in [5.74, 6) is 0. The predicted octanol–water partition coefficient (Wildman–Crippen LogP) is 3.45. The number of nitrogens with one attached hydrogen (secondary N) is 1. The number of hydrogen-bond donors (Lipinski definition) is 2. The van der Waals surface area contributed by atoms with Gasteiger partial charge in [0.05, 0.1) is 0 Å². The average molecular weight is 240 g/mol. The minimum Gasteiger partial charge on any atom is -0.330 e. The number of unbranched alkanes of at least 4 members (excludes halogenated alkanes) is 2. The molecule has 1 rings (SSSR count). The van der Waals surface area contributed by atoms with E-state index in [0.717, 1.165) is 13.1 Å². The maximum absolute atomic E-state index is 6.01. The molecule has 0 radical (unpaired) electrons. The van der Waals surface area contributed by atoms with Gasteiger partial charge in [0, 0.05) is 12.6 Å². The van der Waals surface area contributed by atoms with E-state index in [9.17, 15) is 0 Å². The summed E-state index contributed by atoms with van der Waals surface area (Å²) in [4.78, 5) is 0. The molecule has 3 N–H and O–H groups in total. The molecule has 1 aliphatic rings. The highest BCUT2D eigenvalue weighted by molar-refractivity contribution is 4.86. The first kappa shape index (κ1) is 15.0. The average Bonchev–Trinajstić information content (AvgIpc) is 2.38. The van der Waals surface area contributed by atoms with Gasteiger partial charge in [-0.3, -0.25) is 0 Å². The third-order valence-electron chi connectivity index (χ3n) is 4.41. The van der Waals surface area contributed by atoms with Crippen LogP contribution in [0.4, 0.5) is 0 Å². The molecule has 0 bridgehead atoms. The topological polar surface area (TPSA) is 38.0 Å². The van der Waals surface area contributed by atoms with Gasteiger partial charge in [0.15, 0.2) is 0 Å². The zero-order valence-electron chi connectivity index (χ0n) is 11.9. The van der Waals surface area contributed by atoms with E-state index >= 15 is 0 Å². The fourth-order valence-electron chi connectivity index (χ4n) is 2.95. The summed E-state index contributed by atoms with van der Waals surface area (Å²) >= 11 is 0. The molecule has 1 fully saturated rings. The number of hydrogen-bond acceptors (Lipinski definition) is 2. The van der Waals surface area contributed by atoms with E-state index in [4.69, 9.17) is 5.73 Å². The second-order valence-electron chi connectivity index (χ2n) is 6.04. The van der Waals surface area contributed by atoms with Crippen LogP contribution in [0.2, 0.25) is 0 Å². The molecule has 0 spiro atoms. The Morgan fingerprint density at radius 1 is 1.18 bits per heavy atom. The molecule has 0 amide bonds. The molecule has 102 valence electrons. The second-order valence-corrected chi connectivity index (χ2v) is 6.04. The van der Waals surface area contributed by atoms with Gasteiger partial charge in [0.2, 0.25) is 0 Å². The molecule has 0 aliphatic heterocycles. The van der Waals surface area contributed by atoms with Crippen molar-refractivity contribution in [3.05, 3.63) is 0 Å². The van der Waals surface area contributed by atoms with Gasteiger partial charge in [-0.1, -0.05) is 45.4 Å². The van der Waals surface area contributed by atoms with E-state index in [-0.39, 0.29) is 0 Å². The van der Waals surface area contributed by atoms with Gasteiger partial charge in [-0.2, -0.15) is 0 Å². The molecule has 1 aliphatic carbocycles. The Kier molecular flexibility index (Phi) is 7.14. The molecule has 0 heterocycles. The van der Waals surface area contributed by atoms with Crippen LogP contribution in [-0.4, -0.2) is 19.1 Å². The third-order valence-corrected chi connectivity index (χ3v) is 4.41. The molecular formula is C15H32N2. The molecule has 2 nitrogen and oxygen atoms in total. The quantitative estimate of drug-likeness (QED) is 0.638. The van der Waals surface area contributed by atoms with Crippen molar-refractivity contribution in [1.29, 1.82) is 0 Å². The van der Waals surface area contributed by atoms with Gasteiger partial charge in [-0.05, 0) is 38.1 Å². The number of rotatable bonds is 8. The molecular weight excluding hydrogens is 208 g/mol. The Hall–Kier alpha value is -0.0800. The maximum Gasteiger partial charge on any atom is 0.00389 e. The molecule has 0 saturated heterocycles. The standard InChI is InChI=1S/C15H32N2/c1-3-4-6-9-14(2)17-13-15(12-16)10-7-5-8-11-15/h14,17H,3-13,16H2,1-2H3. The van der Waals surface area contributed by atoms with Gasteiger partial charge in [0.25, 0.3) is 0 Å². The lowest BCUT2D eigenvalue weighted by molar-refractivity contribution is 0.184. The first-order chi connectivity index (χ1) is 8.22. The summed E-state index contributed by atoms with van der Waals surface area (Å²) < 4.78 is 0. The van der Waals surface area contributed by atoms with Crippen LogP contribution < -0.4 is 11.1 Å². The van der Waals surface area contributed by atoms with Crippen LogP contribution >= 0.6 is 0 Å². The van der Waals surface area contributed by atoms with Gasteiger partial charge in [-0.15, -0.1) is 0 Å². The Bertz CT molecular complexity index is 185. The number of nitrogens with two attached hydrogens (primary N) is 1. The Labute approximate surface area is 108 Å². The monoisotopic (exact) mass is 240 g/mol. The fraction of sp³-hybridized carbons (Fsp3) is 1.00. The van der Waals surface area contributed by atoms with Crippen LogP contribution in [0.3, 0.4) is 0 Å². The fourth-order valence-corrected chi connectivity index (χ4v) is 2.95. The lowest BCUT2D eigenvalue weighted by Crippen LogP contribution is -2.44. The molecule has 1 saturated carbocycles. The van der Waals surface area contributed by atoms with Crippen molar-refractivity contribution >= 4 is 0 Å². The van der Waals surface area contributed by atoms with Crippen LogP contribution in [0.5, 0.6) is 0 Å². The van der Waals surface area contributed by atoms with Crippen LogP contribution in [0.25, 0.3) is 0 Å². The highest BCUT2D eigenvalue weighted by Gasteiger charge is 2.30. The SMILES string of the molecule is CCCCCC(C)NCC1(CN)CCCCC1. The Morgan fingerprint density at radius 3 is 2.47 bits per heavy atom. The van der Waals surface area contributed by atoms with Crippen molar-refractivity contribution < 1.29 is 0 Å². The van der Waals surface area contributed by atoms with Crippen LogP contribution in [0, 0.1) is 5.41 Å². The van der Waals surface area contributed by atoms with E-state index in [0.29, 0.717) is 11.5 Å². The molecule has 0 aromatic carbocycles. The van der Waals surface area contributed by atoms with E-state index in [2.05, 4.69) is 19.2 Å². The summed E-state index contributed by atoms with van der Waals surface area (Å²) in [6.45, 7) is 6.59. The van der Waals surface area contributed by atoms with Crippen LogP contribution in [0.15, 0.2) is 0 Å². The van der Waals surface area contributed by atoms with E-state index < -0.39 is 0 Å². The van der Waals surface area contributed by atoms with Gasteiger partial charge in [0.1, 0.15) is 0 Å². The van der Waals surface area contributed by atoms with E-state index in [1.165, 1.54) is 57.8 Å². The summed E-state index contributed by atoms with van der Waals surface area (Å²) in [6.07, 6.45) is 12.2. The minimum atomic E-state index is 0.414. The Morgan fingerprint density at radius 2 is 1.88 bits per heavy atom. The first-order valence-corrected chi connectivity index (χ1v) is 7.66. The molecule has 0 aromatic heterocycles.